The normalized spacial score (nSPS) is 14.7. The lowest BCUT2D eigenvalue weighted by molar-refractivity contribution is -0.147. The summed E-state index contributed by atoms with van der Waals surface area (Å²) in [6, 6.07) is 14.2. The second kappa shape index (κ2) is 12.3. The minimum Gasteiger partial charge on any atom is -0.485 e. The number of fused-ring (bicyclic) bond motifs is 2. The molecule has 1 saturated carbocycles. The third kappa shape index (κ3) is 6.82. The molecule has 0 bridgehead atoms. The van der Waals surface area contributed by atoms with Crippen molar-refractivity contribution in [2.45, 2.75) is 71.1 Å². The van der Waals surface area contributed by atoms with E-state index >= 15 is 0 Å². The summed E-state index contributed by atoms with van der Waals surface area (Å²) in [6.07, 6.45) is 2.85. The molecule has 1 heterocycles. The summed E-state index contributed by atoms with van der Waals surface area (Å²) in [6.45, 7) is 7.93. The number of carboxylic acids is 1. The van der Waals surface area contributed by atoms with E-state index in [9.17, 15) is 24.3 Å². The Morgan fingerprint density at radius 2 is 1.74 bits per heavy atom. The molecule has 4 N–H and O–H groups in total. The molecule has 1 fully saturated rings. The average Bonchev–Trinajstić information content (AvgIpc) is 3.75. The van der Waals surface area contributed by atoms with Gasteiger partial charge in [0.25, 0.3) is 5.91 Å². The number of carboxylic acid groups (broad SMARTS) is 1. The van der Waals surface area contributed by atoms with Gasteiger partial charge in [0, 0.05) is 27.7 Å². The van der Waals surface area contributed by atoms with Crippen LogP contribution in [0, 0.1) is 5.92 Å². The zero-order chi connectivity index (χ0) is 33.6. The largest absolute Gasteiger partial charge is 0.485 e. The molecule has 0 spiro atoms. The predicted octanol–water partition coefficient (Wildman–Crippen LogP) is 6.69. The number of halogens is 1. The number of carbonyl (C=O) groups excluding carboxylic acids is 3. The molecule has 0 saturated heterocycles. The van der Waals surface area contributed by atoms with E-state index in [4.69, 9.17) is 26.8 Å². The predicted molar refractivity (Wildman–Crippen MR) is 176 cm³/mol. The van der Waals surface area contributed by atoms with Gasteiger partial charge in [-0.3, -0.25) is 9.59 Å². The fourth-order valence-corrected chi connectivity index (χ4v) is 5.78. The first-order valence-electron chi connectivity index (χ1n) is 15.1. The summed E-state index contributed by atoms with van der Waals surface area (Å²) in [5.41, 5.74) is 5.20. The maximum atomic E-state index is 13.8. The van der Waals surface area contributed by atoms with Crippen molar-refractivity contribution < 1.29 is 33.8 Å². The van der Waals surface area contributed by atoms with Crippen LogP contribution in [0.5, 0.6) is 5.75 Å². The molecule has 1 aliphatic carbocycles. The van der Waals surface area contributed by atoms with Gasteiger partial charge in [0.2, 0.25) is 5.78 Å². The maximum Gasteiger partial charge on any atom is 0.408 e. The summed E-state index contributed by atoms with van der Waals surface area (Å²) < 4.78 is 13.0. The number of aromatic nitrogens is 1. The number of benzene rings is 3. The van der Waals surface area contributed by atoms with Crippen LogP contribution in [0.1, 0.15) is 79.7 Å². The molecule has 46 heavy (non-hydrogen) atoms. The molecule has 0 unspecified atom stereocenters. The van der Waals surface area contributed by atoms with Crippen LogP contribution < -0.4 is 15.8 Å². The summed E-state index contributed by atoms with van der Waals surface area (Å²) in [5, 5.41) is 15.7. The van der Waals surface area contributed by atoms with E-state index in [1.165, 1.54) is 0 Å². The van der Waals surface area contributed by atoms with Crippen molar-refractivity contribution >= 4 is 57.0 Å². The first-order valence-corrected chi connectivity index (χ1v) is 15.5. The number of ether oxygens (including phenoxy) is 2. The molecule has 5 rings (SSSR count). The summed E-state index contributed by atoms with van der Waals surface area (Å²) >= 11 is 6.11. The second-order valence-corrected chi connectivity index (χ2v) is 13.6. The van der Waals surface area contributed by atoms with Crippen molar-refractivity contribution in [3.05, 3.63) is 76.4 Å². The van der Waals surface area contributed by atoms with Gasteiger partial charge in [-0.15, -0.1) is 0 Å². The molecule has 0 aliphatic heterocycles. The molecule has 0 radical (unpaired) electrons. The molecule has 1 atom stereocenters. The number of hydrogen-bond acceptors (Lipinski definition) is 6. The van der Waals surface area contributed by atoms with Gasteiger partial charge in [0.05, 0.1) is 12.1 Å². The number of ketones is 1. The van der Waals surface area contributed by atoms with Gasteiger partial charge >= 0.3 is 12.1 Å². The van der Waals surface area contributed by atoms with Crippen LogP contribution in [-0.2, 0) is 16.1 Å². The Labute approximate surface area is 271 Å². The van der Waals surface area contributed by atoms with Crippen LogP contribution in [0.15, 0.2) is 54.7 Å². The number of nitrogens with zero attached hydrogens (tertiary/aromatic N) is 1. The molecule has 3 aromatic carbocycles. The Hall–Kier alpha value is -4.57. The van der Waals surface area contributed by atoms with Crippen molar-refractivity contribution in [3.63, 3.8) is 0 Å². The van der Waals surface area contributed by atoms with Crippen molar-refractivity contribution in [3.8, 4) is 5.75 Å². The van der Waals surface area contributed by atoms with Crippen LogP contribution >= 0.6 is 11.6 Å². The highest BCUT2D eigenvalue weighted by molar-refractivity contribution is 6.31. The molecule has 10 nitrogen and oxygen atoms in total. The topological polar surface area (TPSA) is 150 Å². The summed E-state index contributed by atoms with van der Waals surface area (Å²) in [5.74, 6) is -2.34. The van der Waals surface area contributed by atoms with E-state index in [0.29, 0.717) is 32.8 Å². The number of aliphatic carboxylic acids is 1. The van der Waals surface area contributed by atoms with Crippen LogP contribution in [0.4, 0.5) is 4.79 Å². The first kappa shape index (κ1) is 32.8. The zero-order valence-corrected chi connectivity index (χ0v) is 27.2. The van der Waals surface area contributed by atoms with E-state index < -0.39 is 41.6 Å². The van der Waals surface area contributed by atoms with Crippen molar-refractivity contribution in [2.75, 3.05) is 6.61 Å². The monoisotopic (exact) mass is 647 g/mol. The number of Topliss-reactive ketones (excluding diaryl/α,β-unsaturated/α-hetero) is 1. The van der Waals surface area contributed by atoms with Gasteiger partial charge in [0.15, 0.2) is 12.1 Å². The quantitative estimate of drug-likeness (QED) is 0.153. The minimum absolute atomic E-state index is 0.107. The van der Waals surface area contributed by atoms with Gasteiger partial charge in [-0.25, -0.2) is 9.59 Å². The Kier molecular flexibility index (Phi) is 8.79. The van der Waals surface area contributed by atoms with Crippen LogP contribution in [0.3, 0.4) is 0 Å². The Bertz CT molecular complexity index is 1870. The van der Waals surface area contributed by atoms with Gasteiger partial charge in [0.1, 0.15) is 11.4 Å². The molecule has 1 aromatic heterocycles. The van der Waals surface area contributed by atoms with Crippen LogP contribution in [0.25, 0.3) is 21.7 Å². The maximum absolute atomic E-state index is 13.8. The minimum atomic E-state index is -1.76. The van der Waals surface area contributed by atoms with Gasteiger partial charge < -0.3 is 30.2 Å². The molecule has 4 aromatic rings. The van der Waals surface area contributed by atoms with Gasteiger partial charge in [-0.1, -0.05) is 43.6 Å². The van der Waals surface area contributed by atoms with E-state index in [2.05, 4.69) is 5.32 Å². The van der Waals surface area contributed by atoms with E-state index in [0.717, 1.165) is 23.8 Å². The molecule has 11 heteroatoms. The molecular weight excluding hydrogens is 610 g/mol. The van der Waals surface area contributed by atoms with Crippen LogP contribution in [-0.4, -0.2) is 51.2 Å². The Morgan fingerprint density at radius 1 is 1.02 bits per heavy atom. The summed E-state index contributed by atoms with van der Waals surface area (Å²) in [7, 11) is 0. The highest BCUT2D eigenvalue weighted by Crippen LogP contribution is 2.41. The lowest BCUT2D eigenvalue weighted by atomic mass is 9.86. The van der Waals surface area contributed by atoms with Crippen molar-refractivity contribution in [1.29, 1.82) is 0 Å². The number of primary amides is 1. The molecule has 242 valence electrons. The Morgan fingerprint density at radius 3 is 2.35 bits per heavy atom. The number of nitrogens with two attached hydrogens (primary N) is 1. The number of carbonyl (C=O) groups is 4. The second-order valence-electron chi connectivity index (χ2n) is 13.2. The number of alkyl carbamates (subject to hydrolysis) is 1. The fraction of sp³-hybridized carbons (Fsp3) is 0.371. The number of hydrogen-bond donors (Lipinski definition) is 3. The molecule has 2 amide bonds. The first-order chi connectivity index (χ1) is 21.6. The smallest absolute Gasteiger partial charge is 0.408 e. The third-order valence-corrected chi connectivity index (χ3v) is 8.53. The average molecular weight is 648 g/mol. The van der Waals surface area contributed by atoms with Gasteiger partial charge in [-0.05, 0) is 92.1 Å². The van der Waals surface area contributed by atoms with Crippen molar-refractivity contribution in [1.82, 2.24) is 9.88 Å². The van der Waals surface area contributed by atoms with E-state index in [1.54, 1.807) is 75.7 Å². The number of amides is 2. The van der Waals surface area contributed by atoms with Gasteiger partial charge in [-0.2, -0.15) is 0 Å². The Balaban J connectivity index is 1.51. The standard InChI is InChI=1S/C35H38ClN3O7/c1-19(2)35(32(42)43,38-33(44)46-34(3,4)5)18-39-16-27(25-11-9-21(14-28(25)39)20-6-7-20)29(40)17-45-30-15-22-8-10-24(36)12-23(22)13-26(30)31(37)41/h8-16,19-20H,6-7,17-18H2,1-5H3,(H2,37,41)(H,38,44)(H,42,43)/t35-/m1/s1. The fourth-order valence-electron chi connectivity index (χ4n) is 5.60. The zero-order valence-electron chi connectivity index (χ0n) is 26.5. The van der Waals surface area contributed by atoms with Crippen LogP contribution in [0.2, 0.25) is 5.02 Å². The molecule has 1 aliphatic rings. The lowest BCUT2D eigenvalue weighted by Gasteiger charge is -2.35. The summed E-state index contributed by atoms with van der Waals surface area (Å²) in [4.78, 5) is 51.8. The third-order valence-electron chi connectivity index (χ3n) is 8.29. The lowest BCUT2D eigenvalue weighted by Crippen LogP contribution is -2.61. The van der Waals surface area contributed by atoms with Crippen molar-refractivity contribution in [2.24, 2.45) is 11.7 Å². The highest BCUT2D eigenvalue weighted by Gasteiger charge is 2.45. The number of rotatable bonds is 11. The molecular formula is C35H38ClN3O7. The SMILES string of the molecule is CC(C)[C@@](Cn1cc(C(=O)COc2cc3ccc(Cl)cc3cc2C(N)=O)c2ccc(C3CC3)cc21)(NC(=O)OC(C)(C)C)C(=O)O. The highest BCUT2D eigenvalue weighted by atomic mass is 35.5. The van der Waals surface area contributed by atoms with E-state index in [-0.39, 0.29) is 23.6 Å². The number of nitrogens with one attached hydrogen (secondary N) is 1. The van der Waals surface area contributed by atoms with E-state index in [1.807, 2.05) is 18.2 Å².